The number of halogens is 2. The Hall–Kier alpha value is -9.06. The number of rotatable bonds is 11. The molecule has 0 aliphatic carbocycles. The van der Waals surface area contributed by atoms with Crippen LogP contribution in [-0.4, -0.2) is 23.7 Å². The summed E-state index contributed by atoms with van der Waals surface area (Å²) in [6, 6.07) is 104. The van der Waals surface area contributed by atoms with Gasteiger partial charge >= 0.3 is 103 Å². The summed E-state index contributed by atoms with van der Waals surface area (Å²) in [6.07, 6.45) is 0. The van der Waals surface area contributed by atoms with Gasteiger partial charge in [-0.3, -0.25) is 9.54 Å². The Morgan fingerprint density at radius 2 is 0.566 bits per heavy atom. The van der Waals surface area contributed by atoms with Crippen LogP contribution in [0.5, 0.6) is 11.5 Å². The third-order valence-electron chi connectivity index (χ3n) is 17.0. The van der Waals surface area contributed by atoms with Crippen molar-refractivity contribution in [2.75, 3.05) is 7.05 Å². The van der Waals surface area contributed by atoms with Crippen molar-refractivity contribution in [2.45, 2.75) is 0 Å². The Balaban J connectivity index is 0.000000193. The quantitative estimate of drug-likeness (QED) is 0.0434. The van der Waals surface area contributed by atoms with E-state index in [-0.39, 0.29) is 144 Å². The number of carbonyl (C=O) groups is 1. The SMILES string of the molecule is CN=P.O=CO[O-].Oc1c(-c2cccc(-c3ccccc3)c2)cccc1-c1ccc(-c2cccc(-c3cccc(-c4ccccc4)c3)c2O)c(F)c1F.[H-].[K+].[K+].c1ccc(-c2cccc(-c3cccc4c3oc3c4ccc4c5cccc(-c6cccc(-c7ccccc7)c6)c5oc43)c2)cc1. The van der Waals surface area contributed by atoms with Crippen molar-refractivity contribution in [2.24, 2.45) is 4.74 Å². The molecule has 0 saturated carbocycles. The molecule has 2 aromatic heterocycles. The Morgan fingerprint density at radius 1 is 0.333 bits per heavy atom. The number of phenolic OH excluding ortho intramolecular Hbond substituents is 2. The van der Waals surface area contributed by atoms with Crippen molar-refractivity contribution < 1.29 is 147 Å². The van der Waals surface area contributed by atoms with Gasteiger partial charge < -0.3 is 30.6 Å². The van der Waals surface area contributed by atoms with Gasteiger partial charge in [-0.1, -0.05) is 279 Å². The van der Waals surface area contributed by atoms with E-state index in [1.54, 1.807) is 43.4 Å². The van der Waals surface area contributed by atoms with E-state index in [2.05, 4.69) is 164 Å². The van der Waals surface area contributed by atoms with E-state index in [1.165, 1.54) is 34.4 Å². The van der Waals surface area contributed by atoms with Gasteiger partial charge in [0, 0.05) is 73.1 Å². The molecule has 0 aliphatic heterocycles. The number of carbonyl (C=O) groups excluding carboxylic acids is 1. The first-order valence-electron chi connectivity index (χ1n) is 31.2. The molecule has 0 saturated heterocycles. The maximum absolute atomic E-state index is 15.9. The molecule has 16 rings (SSSR count). The molecule has 0 atom stereocenters. The number of fused-ring (bicyclic) bond motifs is 7. The number of nitrogens with zero attached hydrogens (tertiary/aromatic N) is 1. The number of hydrogen-bond acceptors (Lipinski definition) is 8. The predicted octanol–water partition coefficient (Wildman–Crippen LogP) is 17.0. The normalized spacial score (nSPS) is 10.6. The molecule has 0 spiro atoms. The number of phenols is 2. The standard InChI is InChI=1S/C42H28F2O2.C42H26O2.CH4NP.CH2O3.2K.H/c43-39-35(37-21-9-19-33(41(37)45)31-17-7-15-29(25-31)27-11-3-1-4-12-27)23-24-36(40(39)44)38-22-10-20-34(42(38)46)32-18-8-16-30(26-32)28-13-5-2-6-14-28;1-3-11-27(12-4-1)29-15-7-17-31(25-29)33-19-9-21-35-37-23-24-38-36-22-10-20-34(40(36)44-42(38)41(37)43-39(33)35)32-18-8-16-30(26-32)28-13-5-2-6-14-28;1-2-3;2-1-4-3;;;/h1-26,45-46H;1-26H;3H,1H3;1,3H;;;/q;;;;2*+1;-1/p-1. The molecule has 2 heterocycles. The van der Waals surface area contributed by atoms with Gasteiger partial charge in [-0.05, 0) is 112 Å². The van der Waals surface area contributed by atoms with Crippen LogP contribution in [0.4, 0.5) is 8.78 Å². The molecule has 8 nitrogen and oxygen atoms in total. The minimum Gasteiger partial charge on any atom is -1.00 e. The fourth-order valence-electron chi connectivity index (χ4n) is 12.5. The van der Waals surface area contributed by atoms with Gasteiger partial charge in [0.05, 0.1) is 0 Å². The first-order chi connectivity index (χ1) is 47.6. The Morgan fingerprint density at radius 3 is 0.869 bits per heavy atom. The average molecular weight is 1370 g/mol. The van der Waals surface area contributed by atoms with Gasteiger partial charge in [-0.15, -0.1) is 0 Å². The summed E-state index contributed by atoms with van der Waals surface area (Å²) in [4.78, 5) is 11.2. The van der Waals surface area contributed by atoms with Gasteiger partial charge in [-0.2, -0.15) is 0 Å². The van der Waals surface area contributed by atoms with Crippen molar-refractivity contribution in [3.63, 3.8) is 0 Å². The summed E-state index contributed by atoms with van der Waals surface area (Å²) in [5.74, 6) is -2.53. The van der Waals surface area contributed by atoms with Crippen LogP contribution in [0, 0.1) is 11.6 Å². The molecule has 0 amide bonds. The monoisotopic (exact) mass is 1370 g/mol. The predicted molar refractivity (Wildman–Crippen MR) is 390 cm³/mol. The second-order valence-corrected chi connectivity index (χ2v) is 23.2. The van der Waals surface area contributed by atoms with Crippen LogP contribution >= 0.6 is 9.03 Å². The molecule has 0 radical (unpaired) electrons. The van der Waals surface area contributed by atoms with Crippen molar-refractivity contribution in [3.8, 4) is 123 Å². The fraction of sp³-hybridized carbons (Fsp3) is 0.0116. The van der Waals surface area contributed by atoms with E-state index < -0.39 is 11.6 Å². The summed E-state index contributed by atoms with van der Waals surface area (Å²) in [6.45, 7) is -0.181. The van der Waals surface area contributed by atoms with Gasteiger partial charge in [0.15, 0.2) is 22.8 Å². The minimum absolute atomic E-state index is 0. The number of furan rings is 2. The van der Waals surface area contributed by atoms with Crippen LogP contribution in [-0.2, 0) is 9.68 Å². The summed E-state index contributed by atoms with van der Waals surface area (Å²) in [5.41, 5.74) is 19.1. The zero-order valence-electron chi connectivity index (χ0n) is 55.2. The zero-order chi connectivity index (χ0) is 66.8. The van der Waals surface area contributed by atoms with E-state index in [9.17, 15) is 10.2 Å². The molecule has 13 heteroatoms. The number of hydrogen-bond donors (Lipinski definition) is 2. The van der Waals surface area contributed by atoms with Gasteiger partial charge in [-0.25, -0.2) is 8.78 Å². The summed E-state index contributed by atoms with van der Waals surface area (Å²) in [7, 11) is 4.47. The average Bonchev–Trinajstić information content (AvgIpc) is 1.55. The van der Waals surface area contributed by atoms with Crippen molar-refractivity contribution in [3.05, 3.63) is 327 Å². The van der Waals surface area contributed by atoms with Crippen LogP contribution in [0.1, 0.15) is 1.43 Å². The van der Waals surface area contributed by atoms with Crippen LogP contribution in [0.25, 0.3) is 155 Å². The smallest absolute Gasteiger partial charge is 1.00 e. The van der Waals surface area contributed by atoms with Crippen LogP contribution in [0.3, 0.4) is 0 Å². The van der Waals surface area contributed by atoms with Crippen LogP contribution in [0.2, 0.25) is 0 Å². The molecule has 0 bridgehead atoms. The second kappa shape index (κ2) is 33.2. The van der Waals surface area contributed by atoms with Crippen molar-refractivity contribution in [1.82, 2.24) is 0 Å². The van der Waals surface area contributed by atoms with E-state index >= 15 is 8.78 Å². The molecule has 0 aliphatic rings. The molecule has 0 unspecified atom stereocenters. The summed E-state index contributed by atoms with van der Waals surface area (Å²) in [5, 5.41) is 35.4. The number of para-hydroxylation sites is 4. The number of benzene rings is 14. The second-order valence-electron chi connectivity index (χ2n) is 22.8. The Kier molecular flexibility index (Phi) is 23.9. The Labute approximate surface area is 660 Å². The van der Waals surface area contributed by atoms with Gasteiger partial charge in [0.2, 0.25) is 0 Å². The van der Waals surface area contributed by atoms with Crippen LogP contribution < -0.4 is 108 Å². The van der Waals surface area contributed by atoms with E-state index in [0.29, 0.717) is 11.1 Å². The maximum atomic E-state index is 15.9. The van der Waals surface area contributed by atoms with E-state index in [0.717, 1.165) is 99.5 Å². The molecule has 472 valence electrons. The van der Waals surface area contributed by atoms with Crippen molar-refractivity contribution >= 4 is 59.4 Å². The first kappa shape index (κ1) is 71.2. The molecular weight excluding hydrogens is 1310 g/mol. The summed E-state index contributed by atoms with van der Waals surface area (Å²) < 4.78 is 48.5. The first-order valence-corrected chi connectivity index (χ1v) is 31.6. The fourth-order valence-corrected chi connectivity index (χ4v) is 12.5. The third kappa shape index (κ3) is 15.3. The third-order valence-corrected chi connectivity index (χ3v) is 17.0. The number of aromatic hydroxyl groups is 2. The molecule has 2 N–H and O–H groups in total. The maximum Gasteiger partial charge on any atom is 1.00 e. The Bertz CT molecular complexity index is 5190. The molecule has 14 aromatic carbocycles. The van der Waals surface area contributed by atoms with Gasteiger partial charge in [0.1, 0.15) is 22.7 Å². The molecule has 0 fully saturated rings. The zero-order valence-corrected chi connectivity index (χ0v) is 61.5. The van der Waals surface area contributed by atoms with Gasteiger partial charge in [0.25, 0.3) is 6.47 Å². The summed E-state index contributed by atoms with van der Waals surface area (Å²) >= 11 is 0. The molecule has 99 heavy (non-hydrogen) atoms. The van der Waals surface area contributed by atoms with E-state index in [1.807, 2.05) is 121 Å². The molecular formula is C86H60F2K2NO7P. The van der Waals surface area contributed by atoms with Crippen LogP contribution in [0.15, 0.2) is 329 Å². The van der Waals surface area contributed by atoms with Crippen molar-refractivity contribution in [1.29, 1.82) is 0 Å². The largest absolute Gasteiger partial charge is 1.00 e. The van der Waals surface area contributed by atoms with E-state index in [4.69, 9.17) is 18.9 Å². The topological polar surface area (TPSA) is 128 Å². The minimum atomic E-state index is -1.11. The molecule has 16 aromatic rings.